The Morgan fingerprint density at radius 3 is 2.39 bits per heavy atom. The van der Waals surface area contributed by atoms with Crippen LogP contribution in [0.15, 0.2) is 60.0 Å². The topological polar surface area (TPSA) is 41.6 Å². The highest BCUT2D eigenvalue weighted by Gasteiger charge is 2.13. The third kappa shape index (κ3) is 5.41. The van der Waals surface area contributed by atoms with Crippen LogP contribution < -0.4 is 15.0 Å². The summed E-state index contributed by atoms with van der Waals surface area (Å²) in [6.07, 6.45) is 0.305. The zero-order valence-corrected chi connectivity index (χ0v) is 17.7. The first-order valence-corrected chi connectivity index (χ1v) is 10.4. The highest BCUT2D eigenvalue weighted by Crippen LogP contribution is 2.30. The van der Waals surface area contributed by atoms with Gasteiger partial charge in [-0.25, -0.2) is 0 Å². The van der Waals surface area contributed by atoms with Gasteiger partial charge in [-0.2, -0.15) is 0 Å². The predicted molar refractivity (Wildman–Crippen MR) is 118 cm³/mol. The number of hydrogen-bond donors (Lipinski definition) is 1. The number of methoxy groups -OCH3 is 1. The summed E-state index contributed by atoms with van der Waals surface area (Å²) in [5, 5.41) is 5.71. The van der Waals surface area contributed by atoms with Crippen LogP contribution >= 0.6 is 34.5 Å². The van der Waals surface area contributed by atoms with Crippen molar-refractivity contribution in [1.29, 1.82) is 0 Å². The number of amides is 1. The lowest BCUT2D eigenvalue weighted by Gasteiger charge is -2.24. The lowest BCUT2D eigenvalue weighted by Crippen LogP contribution is -2.27. The molecule has 0 bridgehead atoms. The molecular formula is C21H20Cl2N2O2S. The molecule has 28 heavy (non-hydrogen) atoms. The van der Waals surface area contributed by atoms with Crippen molar-refractivity contribution in [3.8, 4) is 5.75 Å². The van der Waals surface area contributed by atoms with Crippen LogP contribution in [0, 0.1) is 0 Å². The fraction of sp³-hybridized carbons (Fsp3) is 0.190. The number of benzene rings is 2. The highest BCUT2D eigenvalue weighted by molar-refractivity contribution is 7.09. The van der Waals surface area contributed by atoms with Crippen molar-refractivity contribution < 1.29 is 9.53 Å². The molecule has 3 aromatic rings. The molecule has 4 nitrogen and oxygen atoms in total. The van der Waals surface area contributed by atoms with Crippen molar-refractivity contribution in [3.63, 3.8) is 0 Å². The summed E-state index contributed by atoms with van der Waals surface area (Å²) in [5.41, 5.74) is 1.47. The number of nitrogens with zero attached hydrogens (tertiary/aromatic N) is 1. The van der Waals surface area contributed by atoms with Crippen molar-refractivity contribution in [2.24, 2.45) is 0 Å². The van der Waals surface area contributed by atoms with Gasteiger partial charge in [0.1, 0.15) is 5.75 Å². The number of ether oxygens (including phenoxy) is 1. The van der Waals surface area contributed by atoms with Gasteiger partial charge in [-0.3, -0.25) is 4.79 Å². The van der Waals surface area contributed by atoms with Crippen LogP contribution in [-0.2, 0) is 11.3 Å². The van der Waals surface area contributed by atoms with Crippen LogP contribution in [0.3, 0.4) is 0 Å². The fourth-order valence-corrected chi connectivity index (χ4v) is 3.95. The van der Waals surface area contributed by atoms with Crippen molar-refractivity contribution in [2.75, 3.05) is 23.9 Å². The summed E-state index contributed by atoms with van der Waals surface area (Å²) >= 11 is 14.0. The lowest BCUT2D eigenvalue weighted by atomic mass is 10.2. The zero-order chi connectivity index (χ0) is 19.9. The van der Waals surface area contributed by atoms with Gasteiger partial charge in [-0.15, -0.1) is 11.3 Å². The largest absolute Gasteiger partial charge is 0.497 e. The minimum Gasteiger partial charge on any atom is -0.497 e. The number of halogens is 2. The van der Waals surface area contributed by atoms with Crippen LogP contribution in [0.2, 0.25) is 10.0 Å². The summed E-state index contributed by atoms with van der Waals surface area (Å²) in [4.78, 5) is 15.9. The maximum Gasteiger partial charge on any atom is 0.226 e. The fourth-order valence-electron chi connectivity index (χ4n) is 2.74. The highest BCUT2D eigenvalue weighted by atomic mass is 35.5. The molecule has 146 valence electrons. The Morgan fingerprint density at radius 2 is 1.79 bits per heavy atom. The Balaban J connectivity index is 1.69. The van der Waals surface area contributed by atoms with Crippen molar-refractivity contribution in [2.45, 2.75) is 13.0 Å². The molecule has 1 aromatic heterocycles. The van der Waals surface area contributed by atoms with E-state index in [0.29, 0.717) is 28.7 Å². The van der Waals surface area contributed by atoms with Crippen molar-refractivity contribution >= 4 is 51.8 Å². The number of hydrogen-bond acceptors (Lipinski definition) is 4. The number of carbonyl (C=O) groups is 1. The summed E-state index contributed by atoms with van der Waals surface area (Å²) < 4.78 is 5.24. The lowest BCUT2D eigenvalue weighted by molar-refractivity contribution is -0.116. The summed E-state index contributed by atoms with van der Waals surface area (Å²) in [6.45, 7) is 1.28. The molecule has 0 aliphatic carbocycles. The monoisotopic (exact) mass is 434 g/mol. The Hall–Kier alpha value is -2.21. The van der Waals surface area contributed by atoms with Gasteiger partial charge in [0.15, 0.2) is 0 Å². The molecule has 1 amide bonds. The summed E-state index contributed by atoms with van der Waals surface area (Å²) in [5.74, 6) is 0.658. The molecule has 0 fully saturated rings. The van der Waals surface area contributed by atoms with E-state index >= 15 is 0 Å². The normalized spacial score (nSPS) is 10.5. The number of rotatable bonds is 8. The van der Waals surface area contributed by atoms with Gasteiger partial charge in [0.25, 0.3) is 0 Å². The van der Waals surface area contributed by atoms with E-state index in [0.717, 1.165) is 18.0 Å². The average Bonchev–Trinajstić information content (AvgIpc) is 3.21. The second-order valence-electron chi connectivity index (χ2n) is 6.09. The Bertz CT molecular complexity index is 894. The van der Waals surface area contributed by atoms with Crippen molar-refractivity contribution in [1.82, 2.24) is 0 Å². The van der Waals surface area contributed by atoms with Gasteiger partial charge >= 0.3 is 0 Å². The minimum absolute atomic E-state index is 0.139. The number of carbonyl (C=O) groups excluding carboxylic acids is 1. The Labute approximate surface area is 178 Å². The van der Waals surface area contributed by atoms with E-state index in [1.165, 1.54) is 4.88 Å². The van der Waals surface area contributed by atoms with Crippen LogP contribution in [0.25, 0.3) is 0 Å². The number of para-hydroxylation sites is 1. The Morgan fingerprint density at radius 1 is 1.07 bits per heavy atom. The first kappa shape index (κ1) is 20.5. The molecule has 1 heterocycles. The molecule has 1 N–H and O–H groups in total. The van der Waals surface area contributed by atoms with E-state index in [-0.39, 0.29) is 5.91 Å². The number of nitrogens with one attached hydrogen (secondary N) is 1. The molecule has 0 spiro atoms. The van der Waals surface area contributed by atoms with Gasteiger partial charge in [0.2, 0.25) is 5.91 Å². The molecule has 0 saturated heterocycles. The molecule has 0 atom stereocenters. The molecular weight excluding hydrogens is 415 g/mol. The van der Waals surface area contributed by atoms with Gasteiger partial charge < -0.3 is 15.0 Å². The van der Waals surface area contributed by atoms with Gasteiger partial charge in [-0.05, 0) is 47.8 Å². The molecule has 0 aliphatic rings. The summed E-state index contributed by atoms with van der Waals surface area (Å²) in [7, 11) is 1.64. The molecule has 0 radical (unpaired) electrons. The standard InChI is InChI=1S/C21H20Cl2N2O2S/c1-27-16-9-7-15(8-10-16)25(14-17-4-3-13-28-17)12-11-20(26)24-21-18(22)5-2-6-19(21)23/h2-10,13H,11-12,14H2,1H3,(H,24,26). The average molecular weight is 435 g/mol. The molecule has 0 unspecified atom stereocenters. The van der Waals surface area contributed by atoms with E-state index in [2.05, 4.69) is 16.3 Å². The van der Waals surface area contributed by atoms with E-state index < -0.39 is 0 Å². The maximum atomic E-state index is 12.5. The predicted octanol–water partition coefficient (Wildman–Crippen LogP) is 6.10. The van der Waals surface area contributed by atoms with E-state index in [1.54, 1.807) is 36.6 Å². The maximum absolute atomic E-state index is 12.5. The second kappa shape index (κ2) is 9.82. The van der Waals surface area contributed by atoms with E-state index in [9.17, 15) is 4.79 Å². The summed E-state index contributed by atoms with van der Waals surface area (Å²) in [6, 6.07) is 17.1. The molecule has 3 rings (SSSR count). The molecule has 0 saturated carbocycles. The first-order chi connectivity index (χ1) is 13.6. The SMILES string of the molecule is COc1ccc(N(CCC(=O)Nc2c(Cl)cccc2Cl)Cc2cccs2)cc1. The van der Waals surface area contributed by atoms with Gasteiger partial charge in [0.05, 0.1) is 29.4 Å². The third-order valence-corrected chi connectivity index (χ3v) is 5.69. The van der Waals surface area contributed by atoms with Crippen LogP contribution in [-0.4, -0.2) is 19.6 Å². The quantitative estimate of drug-likeness (QED) is 0.465. The van der Waals surface area contributed by atoms with Gasteiger partial charge in [-0.1, -0.05) is 35.3 Å². The van der Waals surface area contributed by atoms with Crippen LogP contribution in [0.5, 0.6) is 5.75 Å². The zero-order valence-electron chi connectivity index (χ0n) is 15.3. The van der Waals surface area contributed by atoms with Crippen molar-refractivity contribution in [3.05, 3.63) is 74.9 Å². The molecule has 0 aliphatic heterocycles. The van der Waals surface area contributed by atoms with Crippen LogP contribution in [0.4, 0.5) is 11.4 Å². The van der Waals surface area contributed by atoms with Crippen LogP contribution in [0.1, 0.15) is 11.3 Å². The molecule has 2 aromatic carbocycles. The van der Waals surface area contributed by atoms with E-state index in [4.69, 9.17) is 27.9 Å². The minimum atomic E-state index is -0.139. The second-order valence-corrected chi connectivity index (χ2v) is 7.94. The third-order valence-electron chi connectivity index (χ3n) is 4.20. The molecule has 7 heteroatoms. The first-order valence-electron chi connectivity index (χ1n) is 8.72. The van der Waals surface area contributed by atoms with Gasteiger partial charge in [0, 0.05) is 23.5 Å². The van der Waals surface area contributed by atoms with E-state index in [1.807, 2.05) is 35.7 Å². The number of anilines is 2. The smallest absolute Gasteiger partial charge is 0.226 e. The Kier molecular flexibility index (Phi) is 7.20. The number of thiophene rings is 1.